The Balaban J connectivity index is 2.48. The Morgan fingerprint density at radius 1 is 1.05 bits per heavy atom. The number of hydrogen-bond donors (Lipinski definition) is 1. The quantitative estimate of drug-likeness (QED) is 0.508. The molecule has 0 amide bonds. The number of nitro benzene ring substituents is 2. The van der Waals surface area contributed by atoms with Crippen LogP contribution in [0.4, 0.5) is 17.1 Å². The van der Waals surface area contributed by atoms with Gasteiger partial charge in [-0.2, -0.15) is 0 Å². The fourth-order valence-electron chi connectivity index (χ4n) is 1.62. The molecule has 2 aromatic rings. The van der Waals surface area contributed by atoms with Gasteiger partial charge in [0.2, 0.25) is 5.75 Å². The predicted octanol–water partition coefficient (Wildman–Crippen LogP) is 3.64. The van der Waals surface area contributed by atoms with E-state index >= 15 is 0 Å². The average Bonchev–Trinajstić information content (AvgIpc) is 2.40. The lowest BCUT2D eigenvalue weighted by molar-refractivity contribution is -0.385. The molecule has 0 atom stereocenters. The molecule has 0 unspecified atom stereocenters. The Hall–Kier alpha value is -2.68. The Kier molecular flexibility index (Phi) is 4.03. The van der Waals surface area contributed by atoms with Gasteiger partial charge in [0.1, 0.15) is 11.4 Å². The van der Waals surface area contributed by atoms with Gasteiger partial charge >= 0.3 is 5.69 Å². The van der Waals surface area contributed by atoms with Crippen LogP contribution in [0, 0.1) is 20.2 Å². The van der Waals surface area contributed by atoms with Gasteiger partial charge in [0.15, 0.2) is 0 Å². The molecule has 0 spiro atoms. The summed E-state index contributed by atoms with van der Waals surface area (Å²) in [7, 11) is 0. The minimum Gasteiger partial charge on any atom is -0.449 e. The normalized spacial score (nSPS) is 10.1. The van der Waals surface area contributed by atoms with Crippen molar-refractivity contribution in [2.24, 2.45) is 0 Å². The monoisotopic (exact) mass is 353 g/mol. The summed E-state index contributed by atoms with van der Waals surface area (Å²) in [4.78, 5) is 20.5. The standard InChI is InChI=1S/C12H8BrN3O5/c13-8-5-4-7(15(17)18)6-11(8)21-10-3-1-2-9(14)12(10)16(19)20/h1-6H,14H2. The first-order valence-corrected chi connectivity index (χ1v) is 6.34. The van der Waals surface area contributed by atoms with Crippen molar-refractivity contribution >= 4 is 33.0 Å². The predicted molar refractivity (Wildman–Crippen MR) is 78.4 cm³/mol. The molecular formula is C12H8BrN3O5. The molecule has 21 heavy (non-hydrogen) atoms. The van der Waals surface area contributed by atoms with Crippen molar-refractivity contribution in [2.45, 2.75) is 0 Å². The van der Waals surface area contributed by atoms with E-state index in [1.807, 2.05) is 0 Å². The summed E-state index contributed by atoms with van der Waals surface area (Å²) in [6, 6.07) is 8.09. The van der Waals surface area contributed by atoms with Gasteiger partial charge in [-0.05, 0) is 34.1 Å². The Morgan fingerprint density at radius 2 is 1.76 bits per heavy atom. The number of ether oxygens (including phenoxy) is 1. The van der Waals surface area contributed by atoms with E-state index in [1.54, 1.807) is 0 Å². The Morgan fingerprint density at radius 3 is 2.38 bits per heavy atom. The molecule has 0 aliphatic rings. The van der Waals surface area contributed by atoms with Gasteiger partial charge in [0.05, 0.1) is 20.4 Å². The maximum absolute atomic E-state index is 11.0. The topological polar surface area (TPSA) is 122 Å². The number of nitro groups is 2. The van der Waals surface area contributed by atoms with Crippen LogP contribution in [0.15, 0.2) is 40.9 Å². The Labute approximate surface area is 126 Å². The van der Waals surface area contributed by atoms with Crippen molar-refractivity contribution < 1.29 is 14.6 Å². The number of nitrogens with zero attached hydrogens (tertiary/aromatic N) is 2. The second-order valence-electron chi connectivity index (χ2n) is 3.92. The molecule has 0 saturated carbocycles. The second-order valence-corrected chi connectivity index (χ2v) is 4.78. The molecule has 0 bridgehead atoms. The van der Waals surface area contributed by atoms with E-state index in [9.17, 15) is 20.2 Å². The fourth-order valence-corrected chi connectivity index (χ4v) is 1.95. The van der Waals surface area contributed by atoms with Gasteiger partial charge < -0.3 is 10.5 Å². The molecule has 2 rings (SSSR count). The smallest absolute Gasteiger partial charge is 0.334 e. The first-order chi connectivity index (χ1) is 9.90. The van der Waals surface area contributed by atoms with Crippen molar-refractivity contribution in [3.63, 3.8) is 0 Å². The van der Waals surface area contributed by atoms with Gasteiger partial charge in [-0.25, -0.2) is 0 Å². The summed E-state index contributed by atoms with van der Waals surface area (Å²) in [6.07, 6.45) is 0. The maximum atomic E-state index is 11.0. The maximum Gasteiger partial charge on any atom is 0.334 e. The van der Waals surface area contributed by atoms with Crippen LogP contribution >= 0.6 is 15.9 Å². The molecule has 0 aliphatic heterocycles. The molecule has 2 aromatic carbocycles. The van der Waals surface area contributed by atoms with Crippen LogP contribution < -0.4 is 10.5 Å². The average molecular weight is 354 g/mol. The molecule has 108 valence electrons. The molecule has 0 fully saturated rings. The number of non-ortho nitro benzene ring substituents is 1. The summed E-state index contributed by atoms with van der Waals surface area (Å²) in [5.41, 5.74) is 4.91. The van der Waals surface area contributed by atoms with Crippen LogP contribution in [0.5, 0.6) is 11.5 Å². The first-order valence-electron chi connectivity index (χ1n) is 5.55. The third kappa shape index (κ3) is 3.08. The number of nitrogen functional groups attached to an aromatic ring is 1. The summed E-state index contributed by atoms with van der Waals surface area (Å²) >= 11 is 3.17. The SMILES string of the molecule is Nc1cccc(Oc2cc([N+](=O)[O-])ccc2Br)c1[N+](=O)[O-]. The van der Waals surface area contributed by atoms with E-state index in [0.717, 1.165) is 6.07 Å². The van der Waals surface area contributed by atoms with E-state index in [0.29, 0.717) is 4.47 Å². The lowest BCUT2D eigenvalue weighted by Crippen LogP contribution is -1.99. The third-order valence-electron chi connectivity index (χ3n) is 2.56. The van der Waals surface area contributed by atoms with Crippen molar-refractivity contribution in [3.05, 3.63) is 61.1 Å². The van der Waals surface area contributed by atoms with Gasteiger partial charge in [-0.15, -0.1) is 0 Å². The first kappa shape index (κ1) is 14.7. The largest absolute Gasteiger partial charge is 0.449 e. The number of para-hydroxylation sites is 1. The van der Waals surface area contributed by atoms with Crippen LogP contribution in [0.1, 0.15) is 0 Å². The zero-order valence-electron chi connectivity index (χ0n) is 10.4. The highest BCUT2D eigenvalue weighted by Gasteiger charge is 2.21. The number of nitrogens with two attached hydrogens (primary N) is 1. The van der Waals surface area contributed by atoms with E-state index in [-0.39, 0.29) is 22.9 Å². The van der Waals surface area contributed by atoms with Crippen LogP contribution in [0.3, 0.4) is 0 Å². The van der Waals surface area contributed by atoms with Gasteiger partial charge in [-0.3, -0.25) is 20.2 Å². The molecular weight excluding hydrogens is 346 g/mol. The van der Waals surface area contributed by atoms with E-state index < -0.39 is 15.5 Å². The van der Waals surface area contributed by atoms with Crippen molar-refractivity contribution in [3.8, 4) is 11.5 Å². The highest BCUT2D eigenvalue weighted by Crippen LogP contribution is 2.39. The van der Waals surface area contributed by atoms with E-state index in [4.69, 9.17) is 10.5 Å². The van der Waals surface area contributed by atoms with Gasteiger partial charge in [-0.1, -0.05) is 6.07 Å². The Bertz CT molecular complexity index is 735. The molecule has 2 N–H and O–H groups in total. The fraction of sp³-hybridized carbons (Fsp3) is 0. The second kappa shape index (κ2) is 5.75. The lowest BCUT2D eigenvalue weighted by atomic mass is 10.2. The van der Waals surface area contributed by atoms with Crippen molar-refractivity contribution in [2.75, 3.05) is 5.73 Å². The third-order valence-corrected chi connectivity index (χ3v) is 3.21. The summed E-state index contributed by atoms with van der Waals surface area (Å²) in [5.74, 6) is -0.0147. The highest BCUT2D eigenvalue weighted by atomic mass is 79.9. The summed E-state index contributed by atoms with van der Waals surface area (Å²) in [6.45, 7) is 0. The molecule has 0 saturated heterocycles. The van der Waals surface area contributed by atoms with Crippen molar-refractivity contribution in [1.82, 2.24) is 0 Å². The van der Waals surface area contributed by atoms with Gasteiger partial charge in [0, 0.05) is 6.07 Å². The van der Waals surface area contributed by atoms with Crippen molar-refractivity contribution in [1.29, 1.82) is 0 Å². The van der Waals surface area contributed by atoms with Crippen LogP contribution in [-0.4, -0.2) is 9.85 Å². The summed E-state index contributed by atoms with van der Waals surface area (Å²) < 4.78 is 5.82. The molecule has 9 heteroatoms. The number of rotatable bonds is 4. The summed E-state index contributed by atoms with van der Waals surface area (Å²) in [5, 5.41) is 21.8. The minimum atomic E-state index is -0.671. The number of halogens is 1. The molecule has 0 radical (unpaired) electrons. The minimum absolute atomic E-state index is 0.0564. The zero-order valence-corrected chi connectivity index (χ0v) is 11.9. The van der Waals surface area contributed by atoms with Crippen LogP contribution in [-0.2, 0) is 0 Å². The van der Waals surface area contributed by atoms with Crippen LogP contribution in [0.25, 0.3) is 0 Å². The van der Waals surface area contributed by atoms with E-state index in [1.165, 1.54) is 30.3 Å². The number of hydrogen-bond acceptors (Lipinski definition) is 6. The molecule has 0 aromatic heterocycles. The van der Waals surface area contributed by atoms with E-state index in [2.05, 4.69) is 15.9 Å². The highest BCUT2D eigenvalue weighted by molar-refractivity contribution is 9.10. The molecule has 0 heterocycles. The van der Waals surface area contributed by atoms with Gasteiger partial charge in [0.25, 0.3) is 5.69 Å². The number of benzene rings is 2. The molecule has 8 nitrogen and oxygen atoms in total. The zero-order chi connectivity index (χ0) is 15.6. The lowest BCUT2D eigenvalue weighted by Gasteiger charge is -2.09. The number of anilines is 1. The van der Waals surface area contributed by atoms with Crippen LogP contribution in [0.2, 0.25) is 0 Å². The molecule has 0 aliphatic carbocycles.